The van der Waals surface area contributed by atoms with Gasteiger partial charge in [0.25, 0.3) is 0 Å². The number of nitrogens with one attached hydrogen (secondary N) is 1. The fourth-order valence-electron chi connectivity index (χ4n) is 3.03. The summed E-state index contributed by atoms with van der Waals surface area (Å²) in [6.45, 7) is 5.81. The number of hydrogen-bond donors (Lipinski definition) is 1. The van der Waals surface area contributed by atoms with E-state index < -0.39 is 0 Å². The smallest absolute Gasteiger partial charge is 0.0701 e. The Bertz CT molecular complexity index is 363. The van der Waals surface area contributed by atoms with Crippen LogP contribution >= 0.6 is 27.3 Å². The van der Waals surface area contributed by atoms with Crippen molar-refractivity contribution < 1.29 is 0 Å². The molecule has 1 aliphatic rings. The first-order chi connectivity index (χ1) is 8.69. The quantitative estimate of drug-likeness (QED) is 0.786. The van der Waals surface area contributed by atoms with E-state index in [1.807, 2.05) is 11.3 Å². The fourth-order valence-corrected chi connectivity index (χ4v) is 4.57. The van der Waals surface area contributed by atoms with Gasteiger partial charge in [-0.05, 0) is 72.1 Å². The second kappa shape index (κ2) is 7.06. The third kappa shape index (κ3) is 4.07. The lowest BCUT2D eigenvalue weighted by Gasteiger charge is -2.24. The van der Waals surface area contributed by atoms with Crippen molar-refractivity contribution in [1.29, 1.82) is 0 Å². The predicted molar refractivity (Wildman–Crippen MR) is 84.3 cm³/mol. The van der Waals surface area contributed by atoms with Gasteiger partial charge < -0.3 is 5.32 Å². The van der Waals surface area contributed by atoms with E-state index in [9.17, 15) is 0 Å². The van der Waals surface area contributed by atoms with Gasteiger partial charge in [0.15, 0.2) is 0 Å². The molecule has 1 aromatic rings. The molecule has 1 heterocycles. The Balaban J connectivity index is 1.96. The summed E-state index contributed by atoms with van der Waals surface area (Å²) >= 11 is 5.45. The summed E-state index contributed by atoms with van der Waals surface area (Å²) in [4.78, 5) is 1.51. The normalized spacial score (nSPS) is 25.5. The molecule has 1 aliphatic carbocycles. The van der Waals surface area contributed by atoms with Crippen molar-refractivity contribution >= 4 is 27.3 Å². The third-order valence-corrected chi connectivity index (χ3v) is 5.66. The van der Waals surface area contributed by atoms with E-state index in [0.29, 0.717) is 6.04 Å². The summed E-state index contributed by atoms with van der Waals surface area (Å²) in [6.07, 6.45) is 6.67. The van der Waals surface area contributed by atoms with Crippen molar-refractivity contribution in [2.24, 2.45) is 11.8 Å². The molecule has 0 radical (unpaired) electrons. The fraction of sp³-hybridized carbons (Fsp3) is 0.733. The van der Waals surface area contributed by atoms with Crippen LogP contribution in [-0.4, -0.2) is 12.6 Å². The lowest BCUT2D eigenvalue weighted by atomic mass is 9.93. The van der Waals surface area contributed by atoms with Gasteiger partial charge >= 0.3 is 0 Å². The Morgan fingerprint density at radius 1 is 1.44 bits per heavy atom. The Kier molecular flexibility index (Phi) is 5.71. The van der Waals surface area contributed by atoms with E-state index in [2.05, 4.69) is 47.2 Å². The third-order valence-electron chi connectivity index (χ3n) is 4.01. The van der Waals surface area contributed by atoms with Gasteiger partial charge in [-0.15, -0.1) is 11.3 Å². The first-order valence-electron chi connectivity index (χ1n) is 7.16. The van der Waals surface area contributed by atoms with Gasteiger partial charge in [0.1, 0.15) is 0 Å². The Morgan fingerprint density at radius 2 is 2.28 bits per heavy atom. The minimum absolute atomic E-state index is 0.681. The van der Waals surface area contributed by atoms with Crippen LogP contribution in [0, 0.1) is 11.8 Å². The average molecular weight is 330 g/mol. The van der Waals surface area contributed by atoms with Crippen molar-refractivity contribution in [2.45, 2.75) is 52.0 Å². The molecule has 0 aliphatic heterocycles. The second-order valence-corrected chi connectivity index (χ2v) is 8.20. The molecule has 0 amide bonds. The molecule has 3 atom stereocenters. The SMILES string of the molecule is CCCNC(Cc1ccc(Br)s1)C1CCC(C)C1. The largest absolute Gasteiger partial charge is 0.313 e. The van der Waals surface area contributed by atoms with Gasteiger partial charge in [0.05, 0.1) is 3.79 Å². The summed E-state index contributed by atoms with van der Waals surface area (Å²) in [7, 11) is 0. The summed E-state index contributed by atoms with van der Waals surface area (Å²) in [5.41, 5.74) is 0. The van der Waals surface area contributed by atoms with E-state index in [0.717, 1.165) is 18.4 Å². The molecule has 0 spiro atoms. The van der Waals surface area contributed by atoms with Gasteiger partial charge in [-0.25, -0.2) is 0 Å². The number of rotatable bonds is 6. The van der Waals surface area contributed by atoms with Crippen molar-refractivity contribution in [2.75, 3.05) is 6.54 Å². The molecule has 102 valence electrons. The van der Waals surface area contributed by atoms with E-state index >= 15 is 0 Å². The highest BCUT2D eigenvalue weighted by Gasteiger charge is 2.28. The summed E-state index contributed by atoms with van der Waals surface area (Å²) in [6, 6.07) is 5.13. The standard InChI is InChI=1S/C15H24BrNS/c1-3-8-17-14(12-5-4-11(2)9-12)10-13-6-7-15(16)18-13/h6-7,11-12,14,17H,3-5,8-10H2,1-2H3. The van der Waals surface area contributed by atoms with Gasteiger partial charge in [0, 0.05) is 10.9 Å². The van der Waals surface area contributed by atoms with E-state index in [4.69, 9.17) is 0 Å². The van der Waals surface area contributed by atoms with Crippen LogP contribution < -0.4 is 5.32 Å². The van der Waals surface area contributed by atoms with Crippen LogP contribution in [0.2, 0.25) is 0 Å². The molecule has 0 aromatic carbocycles. The molecule has 0 bridgehead atoms. The Labute approximate surface area is 123 Å². The Hall–Kier alpha value is 0.140. The van der Waals surface area contributed by atoms with Crippen LogP contribution in [0.3, 0.4) is 0 Å². The molecular formula is C15H24BrNS. The Morgan fingerprint density at radius 3 is 2.83 bits per heavy atom. The van der Waals surface area contributed by atoms with Crippen LogP contribution in [0.1, 0.15) is 44.4 Å². The molecule has 1 fully saturated rings. The van der Waals surface area contributed by atoms with Gasteiger partial charge in [-0.3, -0.25) is 0 Å². The molecule has 1 nitrogen and oxygen atoms in total. The maximum atomic E-state index is 3.78. The molecule has 1 aromatic heterocycles. The molecule has 1 saturated carbocycles. The maximum Gasteiger partial charge on any atom is 0.0701 e. The summed E-state index contributed by atoms with van der Waals surface area (Å²) in [5, 5.41) is 3.78. The molecule has 18 heavy (non-hydrogen) atoms. The van der Waals surface area contributed by atoms with Crippen molar-refractivity contribution in [1.82, 2.24) is 5.32 Å². The minimum Gasteiger partial charge on any atom is -0.313 e. The number of thiophene rings is 1. The van der Waals surface area contributed by atoms with Crippen LogP contribution in [0.5, 0.6) is 0 Å². The van der Waals surface area contributed by atoms with E-state index in [1.54, 1.807) is 0 Å². The second-order valence-electron chi connectivity index (χ2n) is 5.65. The van der Waals surface area contributed by atoms with Crippen molar-refractivity contribution in [3.05, 3.63) is 20.8 Å². The van der Waals surface area contributed by atoms with Crippen molar-refractivity contribution in [3.8, 4) is 0 Å². The zero-order chi connectivity index (χ0) is 13.0. The monoisotopic (exact) mass is 329 g/mol. The summed E-state index contributed by atoms with van der Waals surface area (Å²) < 4.78 is 1.26. The number of hydrogen-bond acceptors (Lipinski definition) is 2. The van der Waals surface area contributed by atoms with Crippen LogP contribution in [0.25, 0.3) is 0 Å². The van der Waals surface area contributed by atoms with Gasteiger partial charge in [0.2, 0.25) is 0 Å². The van der Waals surface area contributed by atoms with E-state index in [-0.39, 0.29) is 0 Å². The molecule has 0 saturated heterocycles. The molecular weight excluding hydrogens is 306 g/mol. The van der Waals surface area contributed by atoms with Crippen molar-refractivity contribution in [3.63, 3.8) is 0 Å². The van der Waals surface area contributed by atoms with Crippen LogP contribution in [0.15, 0.2) is 15.9 Å². The zero-order valence-electron chi connectivity index (χ0n) is 11.4. The lowest BCUT2D eigenvalue weighted by molar-refractivity contribution is 0.350. The highest BCUT2D eigenvalue weighted by atomic mass is 79.9. The molecule has 3 heteroatoms. The summed E-state index contributed by atoms with van der Waals surface area (Å²) in [5.74, 6) is 1.81. The van der Waals surface area contributed by atoms with Gasteiger partial charge in [-0.1, -0.05) is 20.3 Å². The maximum absolute atomic E-state index is 3.78. The predicted octanol–water partition coefficient (Wildman–Crippen LogP) is 4.86. The molecule has 3 unspecified atom stereocenters. The first kappa shape index (κ1) is 14.5. The van der Waals surface area contributed by atoms with Crippen LogP contribution in [-0.2, 0) is 6.42 Å². The molecule has 2 rings (SSSR count). The highest BCUT2D eigenvalue weighted by Crippen LogP contribution is 2.34. The minimum atomic E-state index is 0.681. The van der Waals surface area contributed by atoms with Gasteiger partial charge in [-0.2, -0.15) is 0 Å². The lowest BCUT2D eigenvalue weighted by Crippen LogP contribution is -2.37. The zero-order valence-corrected chi connectivity index (χ0v) is 13.8. The van der Waals surface area contributed by atoms with E-state index in [1.165, 1.54) is 40.8 Å². The van der Waals surface area contributed by atoms with Crippen LogP contribution in [0.4, 0.5) is 0 Å². The highest BCUT2D eigenvalue weighted by molar-refractivity contribution is 9.11. The molecule has 1 N–H and O–H groups in total. The topological polar surface area (TPSA) is 12.0 Å². The average Bonchev–Trinajstić information content (AvgIpc) is 2.93. The first-order valence-corrected chi connectivity index (χ1v) is 8.77. The number of halogens is 1.